The van der Waals surface area contributed by atoms with Crippen molar-refractivity contribution >= 4 is 5.69 Å². The zero-order valence-electron chi connectivity index (χ0n) is 10.3. The standard InChI is InChI=1S/C13H20N2O/c1-9(2)15-5-4-10-6-12(14)13(16-3)7-11(10)8-15/h6-7,9H,4-5,8,14H2,1-3H3. The predicted molar refractivity (Wildman–Crippen MR) is 66.7 cm³/mol. The number of ether oxygens (including phenoxy) is 1. The predicted octanol–water partition coefficient (Wildman–Crippen LogP) is 2.04. The Morgan fingerprint density at radius 2 is 2.06 bits per heavy atom. The molecule has 0 saturated carbocycles. The summed E-state index contributed by atoms with van der Waals surface area (Å²) in [5, 5.41) is 0. The molecule has 0 unspecified atom stereocenters. The maximum atomic E-state index is 5.91. The van der Waals surface area contributed by atoms with Crippen LogP contribution in [0.2, 0.25) is 0 Å². The van der Waals surface area contributed by atoms with Crippen LogP contribution in [0.1, 0.15) is 25.0 Å². The molecule has 16 heavy (non-hydrogen) atoms. The van der Waals surface area contributed by atoms with Crippen LogP contribution in [0.3, 0.4) is 0 Å². The molecule has 1 heterocycles. The Hall–Kier alpha value is -1.22. The Labute approximate surface area is 97.2 Å². The largest absolute Gasteiger partial charge is 0.495 e. The van der Waals surface area contributed by atoms with E-state index in [1.165, 1.54) is 11.1 Å². The van der Waals surface area contributed by atoms with E-state index in [4.69, 9.17) is 10.5 Å². The summed E-state index contributed by atoms with van der Waals surface area (Å²) in [7, 11) is 1.67. The van der Waals surface area contributed by atoms with Crippen LogP contribution in [-0.4, -0.2) is 24.6 Å². The summed E-state index contributed by atoms with van der Waals surface area (Å²) in [6, 6.07) is 4.74. The fraction of sp³-hybridized carbons (Fsp3) is 0.538. The summed E-state index contributed by atoms with van der Waals surface area (Å²) in [4.78, 5) is 2.47. The second-order valence-electron chi connectivity index (χ2n) is 4.68. The minimum atomic E-state index is 0.594. The molecule has 2 rings (SSSR count). The van der Waals surface area contributed by atoms with Crippen LogP contribution in [0, 0.1) is 0 Å². The molecule has 0 fully saturated rings. The maximum absolute atomic E-state index is 5.91. The SMILES string of the molecule is COc1cc2c(cc1N)CCN(C(C)C)C2. The van der Waals surface area contributed by atoms with Crippen molar-refractivity contribution in [1.82, 2.24) is 4.90 Å². The fourth-order valence-corrected chi connectivity index (χ4v) is 2.25. The van der Waals surface area contributed by atoms with Gasteiger partial charge in [-0.15, -0.1) is 0 Å². The molecule has 0 aromatic heterocycles. The first-order valence-corrected chi connectivity index (χ1v) is 5.81. The number of anilines is 1. The number of nitrogens with zero attached hydrogens (tertiary/aromatic N) is 1. The number of fused-ring (bicyclic) bond motifs is 1. The van der Waals surface area contributed by atoms with Gasteiger partial charge >= 0.3 is 0 Å². The fourth-order valence-electron chi connectivity index (χ4n) is 2.25. The minimum absolute atomic E-state index is 0.594. The summed E-state index contributed by atoms with van der Waals surface area (Å²) >= 11 is 0. The number of rotatable bonds is 2. The number of nitrogens with two attached hydrogens (primary N) is 1. The smallest absolute Gasteiger partial charge is 0.142 e. The zero-order chi connectivity index (χ0) is 11.7. The van der Waals surface area contributed by atoms with Gasteiger partial charge in [-0.1, -0.05) is 0 Å². The van der Waals surface area contributed by atoms with Crippen LogP contribution in [0.5, 0.6) is 5.75 Å². The van der Waals surface area contributed by atoms with Crippen LogP contribution in [0.25, 0.3) is 0 Å². The van der Waals surface area contributed by atoms with Gasteiger partial charge in [0.1, 0.15) is 5.75 Å². The average molecular weight is 220 g/mol. The number of hydrogen-bond donors (Lipinski definition) is 1. The first kappa shape index (κ1) is 11.3. The van der Waals surface area contributed by atoms with Crippen molar-refractivity contribution in [2.75, 3.05) is 19.4 Å². The molecule has 3 nitrogen and oxygen atoms in total. The molecule has 0 atom stereocenters. The Bertz CT molecular complexity index is 388. The van der Waals surface area contributed by atoms with Crippen LogP contribution in [-0.2, 0) is 13.0 Å². The van der Waals surface area contributed by atoms with Crippen molar-refractivity contribution in [3.63, 3.8) is 0 Å². The van der Waals surface area contributed by atoms with E-state index in [2.05, 4.69) is 30.9 Å². The van der Waals surface area contributed by atoms with Crippen molar-refractivity contribution < 1.29 is 4.74 Å². The van der Waals surface area contributed by atoms with Gasteiger partial charge in [0.25, 0.3) is 0 Å². The van der Waals surface area contributed by atoms with Gasteiger partial charge in [-0.2, -0.15) is 0 Å². The van der Waals surface area contributed by atoms with E-state index in [1.807, 2.05) is 0 Å². The normalized spacial score (nSPS) is 16.2. The molecule has 1 aromatic carbocycles. The lowest BCUT2D eigenvalue weighted by Crippen LogP contribution is -2.35. The molecule has 1 aliphatic rings. The Balaban J connectivity index is 2.30. The van der Waals surface area contributed by atoms with Crippen molar-refractivity contribution in [3.8, 4) is 5.75 Å². The molecule has 1 aromatic rings. The van der Waals surface area contributed by atoms with Gasteiger partial charge in [-0.25, -0.2) is 0 Å². The topological polar surface area (TPSA) is 38.5 Å². The molecule has 0 spiro atoms. The molecule has 0 amide bonds. The van der Waals surface area contributed by atoms with Gasteiger partial charge < -0.3 is 10.5 Å². The average Bonchev–Trinajstić information content (AvgIpc) is 2.27. The number of nitrogen functional groups attached to an aromatic ring is 1. The van der Waals surface area contributed by atoms with Crippen LogP contribution >= 0.6 is 0 Å². The van der Waals surface area contributed by atoms with Gasteiger partial charge in [0.15, 0.2) is 0 Å². The Morgan fingerprint density at radius 3 is 2.69 bits per heavy atom. The molecular formula is C13H20N2O. The summed E-state index contributed by atoms with van der Waals surface area (Å²) < 4.78 is 5.26. The minimum Gasteiger partial charge on any atom is -0.495 e. The summed E-state index contributed by atoms with van der Waals surface area (Å²) in [6.45, 7) is 6.60. The highest BCUT2D eigenvalue weighted by Crippen LogP contribution is 2.29. The van der Waals surface area contributed by atoms with Crippen molar-refractivity contribution in [2.45, 2.75) is 32.9 Å². The third-order valence-electron chi connectivity index (χ3n) is 3.32. The van der Waals surface area contributed by atoms with Crippen LogP contribution < -0.4 is 10.5 Å². The quantitative estimate of drug-likeness (QED) is 0.775. The molecule has 2 N–H and O–H groups in total. The van der Waals surface area contributed by atoms with E-state index >= 15 is 0 Å². The maximum Gasteiger partial charge on any atom is 0.142 e. The Morgan fingerprint density at radius 1 is 1.31 bits per heavy atom. The third-order valence-corrected chi connectivity index (χ3v) is 3.32. The molecule has 88 valence electrons. The lowest BCUT2D eigenvalue weighted by atomic mass is 9.97. The first-order chi connectivity index (χ1) is 7.61. The zero-order valence-corrected chi connectivity index (χ0v) is 10.3. The summed E-state index contributed by atoms with van der Waals surface area (Å²) in [6.07, 6.45) is 1.09. The lowest BCUT2D eigenvalue weighted by molar-refractivity contribution is 0.203. The molecule has 0 aliphatic carbocycles. The van der Waals surface area contributed by atoms with E-state index in [9.17, 15) is 0 Å². The van der Waals surface area contributed by atoms with E-state index in [0.29, 0.717) is 6.04 Å². The number of methoxy groups -OCH3 is 1. The third kappa shape index (κ3) is 2.00. The van der Waals surface area contributed by atoms with Crippen LogP contribution in [0.15, 0.2) is 12.1 Å². The van der Waals surface area contributed by atoms with Crippen molar-refractivity contribution in [1.29, 1.82) is 0 Å². The molecule has 0 radical (unpaired) electrons. The molecule has 1 aliphatic heterocycles. The van der Waals surface area contributed by atoms with Gasteiger partial charge in [0.05, 0.1) is 12.8 Å². The first-order valence-electron chi connectivity index (χ1n) is 5.81. The second kappa shape index (κ2) is 4.34. The van der Waals surface area contributed by atoms with Crippen LogP contribution in [0.4, 0.5) is 5.69 Å². The highest BCUT2D eigenvalue weighted by atomic mass is 16.5. The van der Waals surface area contributed by atoms with Gasteiger partial charge in [0.2, 0.25) is 0 Å². The summed E-state index contributed by atoms with van der Waals surface area (Å²) in [5.74, 6) is 0.796. The van der Waals surface area contributed by atoms with Gasteiger partial charge in [-0.05, 0) is 43.5 Å². The second-order valence-corrected chi connectivity index (χ2v) is 4.68. The lowest BCUT2D eigenvalue weighted by Gasteiger charge is -2.32. The highest BCUT2D eigenvalue weighted by molar-refractivity contribution is 5.57. The van der Waals surface area contributed by atoms with Gasteiger partial charge in [-0.3, -0.25) is 4.90 Å². The van der Waals surface area contributed by atoms with E-state index < -0.39 is 0 Å². The molecular weight excluding hydrogens is 200 g/mol. The van der Waals surface area contributed by atoms with Gasteiger partial charge in [0, 0.05) is 19.1 Å². The Kier molecular flexibility index (Phi) is 3.06. The van der Waals surface area contributed by atoms with E-state index in [0.717, 1.165) is 30.9 Å². The van der Waals surface area contributed by atoms with Crippen molar-refractivity contribution in [3.05, 3.63) is 23.3 Å². The number of hydrogen-bond acceptors (Lipinski definition) is 3. The number of benzene rings is 1. The highest BCUT2D eigenvalue weighted by Gasteiger charge is 2.19. The van der Waals surface area contributed by atoms with E-state index in [-0.39, 0.29) is 0 Å². The molecule has 0 bridgehead atoms. The molecule has 3 heteroatoms. The van der Waals surface area contributed by atoms with Crippen molar-refractivity contribution in [2.24, 2.45) is 0 Å². The molecule has 0 saturated heterocycles. The summed E-state index contributed by atoms with van der Waals surface area (Å²) in [5.41, 5.74) is 9.38. The monoisotopic (exact) mass is 220 g/mol. The van der Waals surface area contributed by atoms with E-state index in [1.54, 1.807) is 7.11 Å².